The summed E-state index contributed by atoms with van der Waals surface area (Å²) in [5.74, 6) is 0.579. The second kappa shape index (κ2) is 8.15. The first kappa shape index (κ1) is 16.0. The van der Waals surface area contributed by atoms with Crippen LogP contribution in [0.2, 0.25) is 0 Å². The molecule has 0 unspecified atom stereocenters. The van der Waals surface area contributed by atoms with Gasteiger partial charge in [0.15, 0.2) is 0 Å². The minimum Gasteiger partial charge on any atom is -0.489 e. The second-order valence-electron chi connectivity index (χ2n) is 4.18. The van der Waals surface area contributed by atoms with E-state index in [1.54, 1.807) is 19.2 Å². The zero-order valence-electron chi connectivity index (χ0n) is 12.0. The van der Waals surface area contributed by atoms with Gasteiger partial charge in [0, 0.05) is 7.11 Å². The van der Waals surface area contributed by atoms with Crippen molar-refractivity contribution in [2.45, 2.75) is 6.54 Å². The van der Waals surface area contributed by atoms with E-state index >= 15 is 0 Å². The van der Waals surface area contributed by atoms with Gasteiger partial charge < -0.3 is 25.8 Å². The Morgan fingerprint density at radius 1 is 1.32 bits per heavy atom. The largest absolute Gasteiger partial charge is 0.489 e. The first-order valence-electron chi connectivity index (χ1n) is 6.52. The van der Waals surface area contributed by atoms with Gasteiger partial charge in [0.25, 0.3) is 0 Å². The van der Waals surface area contributed by atoms with Gasteiger partial charge in [0.05, 0.1) is 18.8 Å². The Kier molecular flexibility index (Phi) is 5.92. The molecule has 9 heteroatoms. The van der Waals surface area contributed by atoms with Crippen LogP contribution >= 0.6 is 11.3 Å². The maximum absolute atomic E-state index is 11.9. The number of benzene rings is 1. The monoisotopic (exact) mass is 323 g/mol. The Morgan fingerprint density at radius 2 is 2.14 bits per heavy atom. The van der Waals surface area contributed by atoms with Gasteiger partial charge in [0.2, 0.25) is 5.13 Å². The summed E-state index contributed by atoms with van der Waals surface area (Å²) in [7, 11) is 1.60. The Balaban J connectivity index is 1.87. The van der Waals surface area contributed by atoms with Crippen LogP contribution in [0.4, 0.5) is 15.6 Å². The van der Waals surface area contributed by atoms with Crippen molar-refractivity contribution in [1.29, 1.82) is 0 Å². The number of amides is 2. The van der Waals surface area contributed by atoms with Gasteiger partial charge in [-0.25, -0.2) is 4.79 Å². The van der Waals surface area contributed by atoms with Crippen molar-refractivity contribution < 1.29 is 14.3 Å². The van der Waals surface area contributed by atoms with Gasteiger partial charge in [-0.2, -0.15) is 0 Å². The molecule has 4 N–H and O–H groups in total. The van der Waals surface area contributed by atoms with Crippen molar-refractivity contribution in [3.8, 4) is 5.75 Å². The first-order chi connectivity index (χ1) is 10.7. The molecule has 1 aromatic heterocycles. The zero-order chi connectivity index (χ0) is 15.8. The molecule has 0 aliphatic heterocycles. The molecule has 8 nitrogen and oxygen atoms in total. The molecule has 118 valence electrons. The third-order valence-electron chi connectivity index (χ3n) is 2.56. The number of nitrogens with one attached hydrogen (secondary N) is 2. The Bertz CT molecular complexity index is 619. The summed E-state index contributed by atoms with van der Waals surface area (Å²) in [6.07, 6.45) is 0. The predicted octanol–water partition coefficient (Wildman–Crippen LogP) is 1.47. The average molecular weight is 323 g/mol. The molecule has 1 heterocycles. The lowest BCUT2D eigenvalue weighted by Gasteiger charge is -2.12. The number of anilines is 2. The maximum atomic E-state index is 11.9. The molecule has 22 heavy (non-hydrogen) atoms. The summed E-state index contributed by atoms with van der Waals surface area (Å²) >= 11 is 1.23. The Hall–Kier alpha value is -2.39. The van der Waals surface area contributed by atoms with E-state index < -0.39 is 0 Å². The molecule has 0 spiro atoms. The standard InChI is InChI=1S/C13H17N5O3S/c1-20-6-7-21-10-5-3-2-4-9(10)16-13(19)15-8-11-17-18-12(14)22-11/h2-5H,6-8H2,1H3,(H2,14,18)(H2,15,16,19). The SMILES string of the molecule is COCCOc1ccccc1NC(=O)NCc1nnc(N)s1. The van der Waals surface area contributed by atoms with Gasteiger partial charge in [-0.15, -0.1) is 10.2 Å². The number of hydrogen-bond acceptors (Lipinski definition) is 7. The van der Waals surface area contributed by atoms with Crippen molar-refractivity contribution in [1.82, 2.24) is 15.5 Å². The van der Waals surface area contributed by atoms with E-state index in [9.17, 15) is 4.79 Å². The number of nitrogens with zero attached hydrogens (tertiary/aromatic N) is 2. The van der Waals surface area contributed by atoms with Gasteiger partial charge >= 0.3 is 6.03 Å². The van der Waals surface area contributed by atoms with Crippen LogP contribution in [-0.2, 0) is 11.3 Å². The number of carbonyl (C=O) groups is 1. The smallest absolute Gasteiger partial charge is 0.319 e. The normalized spacial score (nSPS) is 10.2. The molecule has 0 aliphatic rings. The van der Waals surface area contributed by atoms with E-state index in [0.717, 1.165) is 0 Å². The molecule has 2 rings (SSSR count). The number of urea groups is 1. The third kappa shape index (κ3) is 4.86. The van der Waals surface area contributed by atoms with Gasteiger partial charge in [-0.05, 0) is 12.1 Å². The van der Waals surface area contributed by atoms with Crippen LogP contribution in [0.5, 0.6) is 5.75 Å². The van der Waals surface area contributed by atoms with Crippen LogP contribution in [0.1, 0.15) is 5.01 Å². The first-order valence-corrected chi connectivity index (χ1v) is 7.34. The summed E-state index contributed by atoms with van der Waals surface area (Å²) in [5.41, 5.74) is 6.05. The number of nitrogens with two attached hydrogens (primary N) is 1. The van der Waals surface area contributed by atoms with Crippen molar-refractivity contribution >= 4 is 28.2 Å². The van der Waals surface area contributed by atoms with E-state index in [0.29, 0.717) is 34.8 Å². The maximum Gasteiger partial charge on any atom is 0.319 e. The van der Waals surface area contributed by atoms with Gasteiger partial charge in [-0.1, -0.05) is 23.5 Å². The van der Waals surface area contributed by atoms with Gasteiger partial charge in [0.1, 0.15) is 17.4 Å². The van der Waals surface area contributed by atoms with Crippen LogP contribution in [-0.4, -0.2) is 36.6 Å². The molecule has 0 atom stereocenters. The summed E-state index contributed by atoms with van der Waals surface area (Å²) < 4.78 is 10.5. The number of para-hydroxylation sites is 2. The van der Waals surface area contributed by atoms with Crippen LogP contribution in [0.25, 0.3) is 0 Å². The number of rotatable bonds is 7. The highest BCUT2D eigenvalue weighted by atomic mass is 32.1. The molecule has 0 bridgehead atoms. The quantitative estimate of drug-likeness (QED) is 0.665. The van der Waals surface area contributed by atoms with Crippen LogP contribution in [0.3, 0.4) is 0 Å². The Morgan fingerprint density at radius 3 is 2.86 bits per heavy atom. The van der Waals surface area contributed by atoms with Crippen molar-refractivity contribution in [3.05, 3.63) is 29.3 Å². The van der Waals surface area contributed by atoms with Crippen LogP contribution in [0.15, 0.2) is 24.3 Å². The Labute approximate surface area is 131 Å². The number of ether oxygens (including phenoxy) is 2. The highest BCUT2D eigenvalue weighted by Gasteiger charge is 2.08. The topological polar surface area (TPSA) is 111 Å². The number of nitrogen functional groups attached to an aromatic ring is 1. The fraction of sp³-hybridized carbons (Fsp3) is 0.308. The van der Waals surface area contributed by atoms with E-state index in [4.69, 9.17) is 15.2 Å². The molecule has 2 aromatic rings. The fourth-order valence-electron chi connectivity index (χ4n) is 1.59. The molecular weight excluding hydrogens is 306 g/mol. The highest BCUT2D eigenvalue weighted by Crippen LogP contribution is 2.23. The molecular formula is C13H17N5O3S. The van der Waals surface area contributed by atoms with E-state index in [1.165, 1.54) is 11.3 Å². The third-order valence-corrected chi connectivity index (χ3v) is 3.32. The zero-order valence-corrected chi connectivity index (χ0v) is 12.9. The number of carbonyl (C=O) groups excluding carboxylic acids is 1. The van der Waals surface area contributed by atoms with Crippen LogP contribution < -0.4 is 21.1 Å². The lowest BCUT2D eigenvalue weighted by atomic mass is 10.3. The van der Waals surface area contributed by atoms with E-state index in [2.05, 4.69) is 20.8 Å². The number of hydrogen-bond donors (Lipinski definition) is 3. The highest BCUT2D eigenvalue weighted by molar-refractivity contribution is 7.15. The molecule has 0 aliphatic carbocycles. The number of methoxy groups -OCH3 is 1. The summed E-state index contributed by atoms with van der Waals surface area (Å²) in [4.78, 5) is 11.9. The van der Waals surface area contributed by atoms with E-state index in [1.807, 2.05) is 12.1 Å². The van der Waals surface area contributed by atoms with Crippen molar-refractivity contribution in [3.63, 3.8) is 0 Å². The van der Waals surface area contributed by atoms with Crippen molar-refractivity contribution in [2.75, 3.05) is 31.4 Å². The molecule has 0 radical (unpaired) electrons. The average Bonchev–Trinajstić information content (AvgIpc) is 2.93. The summed E-state index contributed by atoms with van der Waals surface area (Å²) in [6.45, 7) is 1.13. The molecule has 0 saturated heterocycles. The van der Waals surface area contributed by atoms with E-state index in [-0.39, 0.29) is 12.6 Å². The number of aromatic nitrogens is 2. The fourth-order valence-corrected chi connectivity index (χ4v) is 2.14. The lowest BCUT2D eigenvalue weighted by Crippen LogP contribution is -2.28. The molecule has 0 saturated carbocycles. The minimum absolute atomic E-state index is 0.257. The van der Waals surface area contributed by atoms with Crippen molar-refractivity contribution in [2.24, 2.45) is 0 Å². The van der Waals surface area contributed by atoms with Gasteiger partial charge in [-0.3, -0.25) is 0 Å². The minimum atomic E-state index is -0.364. The molecule has 2 amide bonds. The summed E-state index contributed by atoms with van der Waals surface area (Å²) in [6, 6.07) is 6.80. The summed E-state index contributed by atoms with van der Waals surface area (Å²) in [5, 5.41) is 13.9. The second-order valence-corrected chi connectivity index (χ2v) is 5.27. The molecule has 0 fully saturated rings. The van der Waals surface area contributed by atoms with Crippen LogP contribution in [0, 0.1) is 0 Å². The lowest BCUT2D eigenvalue weighted by molar-refractivity contribution is 0.146. The predicted molar refractivity (Wildman–Crippen MR) is 84.0 cm³/mol. The molecule has 1 aromatic carbocycles.